The van der Waals surface area contributed by atoms with Gasteiger partial charge >= 0.3 is 0 Å². The lowest BCUT2D eigenvalue weighted by atomic mass is 10.0. The van der Waals surface area contributed by atoms with Crippen molar-refractivity contribution in [3.8, 4) is 0 Å². The van der Waals surface area contributed by atoms with Crippen molar-refractivity contribution in [3.63, 3.8) is 0 Å². The number of carbonyl (C=O) groups is 1. The molecular formula is C11H22N2O. The standard InChI is InChI=1S/C11H22N2O/c1-8(2)9(3)12-10-6-5-7-13(4)11(10)14/h8-10,12H,5-7H2,1-4H3. The fourth-order valence-electron chi connectivity index (χ4n) is 1.70. The van der Waals surface area contributed by atoms with Gasteiger partial charge in [-0.1, -0.05) is 13.8 Å². The molecule has 1 heterocycles. The molecule has 1 amide bonds. The SMILES string of the molecule is CC(C)C(C)NC1CCCN(C)C1=O. The summed E-state index contributed by atoms with van der Waals surface area (Å²) in [6.45, 7) is 7.41. The fourth-order valence-corrected chi connectivity index (χ4v) is 1.70. The van der Waals surface area contributed by atoms with Gasteiger partial charge in [0.05, 0.1) is 6.04 Å². The van der Waals surface area contributed by atoms with Crippen LogP contribution in [-0.2, 0) is 4.79 Å². The summed E-state index contributed by atoms with van der Waals surface area (Å²) in [6, 6.07) is 0.460. The Morgan fingerprint density at radius 3 is 2.64 bits per heavy atom. The van der Waals surface area contributed by atoms with Crippen LogP contribution < -0.4 is 5.32 Å². The number of nitrogens with one attached hydrogen (secondary N) is 1. The summed E-state index contributed by atoms with van der Waals surface area (Å²) in [5.41, 5.74) is 0. The van der Waals surface area contributed by atoms with Crippen molar-refractivity contribution in [2.75, 3.05) is 13.6 Å². The first kappa shape index (κ1) is 11.5. The van der Waals surface area contributed by atoms with Crippen LogP contribution in [0.25, 0.3) is 0 Å². The van der Waals surface area contributed by atoms with E-state index >= 15 is 0 Å². The summed E-state index contributed by atoms with van der Waals surface area (Å²) in [5, 5.41) is 3.41. The highest BCUT2D eigenvalue weighted by atomic mass is 16.2. The zero-order valence-corrected chi connectivity index (χ0v) is 9.71. The van der Waals surface area contributed by atoms with E-state index in [1.807, 2.05) is 11.9 Å². The minimum Gasteiger partial charge on any atom is -0.344 e. The Balaban J connectivity index is 2.47. The molecule has 1 saturated heterocycles. The van der Waals surface area contributed by atoms with Gasteiger partial charge in [-0.2, -0.15) is 0 Å². The third-order valence-corrected chi connectivity index (χ3v) is 3.12. The van der Waals surface area contributed by atoms with Crippen LogP contribution in [0.4, 0.5) is 0 Å². The van der Waals surface area contributed by atoms with Crippen LogP contribution in [0, 0.1) is 5.92 Å². The lowest BCUT2D eigenvalue weighted by Crippen LogP contribution is -2.52. The number of likely N-dealkylation sites (tertiary alicyclic amines) is 1. The number of likely N-dealkylation sites (N-methyl/N-ethyl adjacent to an activating group) is 1. The van der Waals surface area contributed by atoms with E-state index in [-0.39, 0.29) is 11.9 Å². The minimum atomic E-state index is 0.0474. The normalized spacial score (nSPS) is 25.6. The monoisotopic (exact) mass is 198 g/mol. The van der Waals surface area contributed by atoms with Crippen molar-refractivity contribution in [2.24, 2.45) is 5.92 Å². The quantitative estimate of drug-likeness (QED) is 0.740. The highest BCUT2D eigenvalue weighted by Crippen LogP contribution is 2.12. The Kier molecular flexibility index (Phi) is 3.93. The first-order valence-electron chi connectivity index (χ1n) is 5.53. The number of amides is 1. The van der Waals surface area contributed by atoms with Crippen molar-refractivity contribution < 1.29 is 4.79 Å². The van der Waals surface area contributed by atoms with Crippen LogP contribution in [0.1, 0.15) is 33.6 Å². The fraction of sp³-hybridized carbons (Fsp3) is 0.909. The average Bonchev–Trinajstić information content (AvgIpc) is 2.12. The van der Waals surface area contributed by atoms with E-state index in [1.165, 1.54) is 0 Å². The van der Waals surface area contributed by atoms with Gasteiger partial charge in [0.1, 0.15) is 0 Å². The number of nitrogens with zero attached hydrogens (tertiary/aromatic N) is 1. The first-order valence-corrected chi connectivity index (χ1v) is 5.53. The van der Waals surface area contributed by atoms with Gasteiger partial charge in [0.2, 0.25) is 5.91 Å². The second kappa shape index (κ2) is 4.78. The lowest BCUT2D eigenvalue weighted by molar-refractivity contribution is -0.134. The van der Waals surface area contributed by atoms with E-state index < -0.39 is 0 Å². The van der Waals surface area contributed by atoms with Crippen molar-refractivity contribution >= 4 is 5.91 Å². The predicted octanol–water partition coefficient (Wildman–Crippen LogP) is 1.24. The van der Waals surface area contributed by atoms with Crippen LogP contribution in [0.2, 0.25) is 0 Å². The van der Waals surface area contributed by atoms with Crippen LogP contribution in [0.15, 0.2) is 0 Å². The molecule has 0 aliphatic carbocycles. The van der Waals surface area contributed by atoms with Gasteiger partial charge in [-0.15, -0.1) is 0 Å². The van der Waals surface area contributed by atoms with E-state index in [1.54, 1.807) is 0 Å². The van der Waals surface area contributed by atoms with Gasteiger partial charge < -0.3 is 10.2 Å². The molecule has 1 aliphatic heterocycles. The molecule has 1 aliphatic rings. The Labute approximate surface area is 86.9 Å². The van der Waals surface area contributed by atoms with E-state index in [0.717, 1.165) is 19.4 Å². The number of carbonyl (C=O) groups excluding carboxylic acids is 1. The molecule has 0 aromatic carbocycles. The van der Waals surface area contributed by atoms with Crippen molar-refractivity contribution in [1.82, 2.24) is 10.2 Å². The topological polar surface area (TPSA) is 32.3 Å². The van der Waals surface area contributed by atoms with Crippen LogP contribution in [-0.4, -0.2) is 36.5 Å². The summed E-state index contributed by atoms with van der Waals surface area (Å²) in [6.07, 6.45) is 2.10. The molecule has 0 spiro atoms. The molecule has 0 saturated carbocycles. The van der Waals surface area contributed by atoms with Gasteiger partial charge in [-0.3, -0.25) is 4.79 Å². The smallest absolute Gasteiger partial charge is 0.239 e. The molecule has 0 bridgehead atoms. The molecule has 0 radical (unpaired) electrons. The second-order valence-corrected chi connectivity index (χ2v) is 4.65. The second-order valence-electron chi connectivity index (χ2n) is 4.65. The highest BCUT2D eigenvalue weighted by molar-refractivity contribution is 5.82. The zero-order valence-electron chi connectivity index (χ0n) is 9.71. The molecule has 1 N–H and O–H groups in total. The molecule has 0 aromatic rings. The molecule has 14 heavy (non-hydrogen) atoms. The van der Waals surface area contributed by atoms with Crippen molar-refractivity contribution in [3.05, 3.63) is 0 Å². The molecule has 0 aromatic heterocycles. The van der Waals surface area contributed by atoms with Gasteiger partial charge in [0, 0.05) is 19.6 Å². The largest absolute Gasteiger partial charge is 0.344 e. The zero-order chi connectivity index (χ0) is 10.7. The first-order chi connectivity index (χ1) is 6.52. The predicted molar refractivity (Wildman–Crippen MR) is 58.1 cm³/mol. The van der Waals surface area contributed by atoms with Gasteiger partial charge in [0.25, 0.3) is 0 Å². The van der Waals surface area contributed by atoms with Crippen LogP contribution >= 0.6 is 0 Å². The van der Waals surface area contributed by atoms with E-state index in [2.05, 4.69) is 26.1 Å². The van der Waals surface area contributed by atoms with E-state index in [9.17, 15) is 4.79 Å². The summed E-state index contributed by atoms with van der Waals surface area (Å²) >= 11 is 0. The van der Waals surface area contributed by atoms with E-state index in [0.29, 0.717) is 12.0 Å². The average molecular weight is 198 g/mol. The summed E-state index contributed by atoms with van der Waals surface area (Å²) in [5.74, 6) is 0.832. The van der Waals surface area contributed by atoms with Crippen molar-refractivity contribution in [2.45, 2.75) is 45.7 Å². The maximum Gasteiger partial charge on any atom is 0.239 e. The maximum absolute atomic E-state index is 11.7. The van der Waals surface area contributed by atoms with Crippen LogP contribution in [0.5, 0.6) is 0 Å². The van der Waals surface area contributed by atoms with E-state index in [4.69, 9.17) is 0 Å². The van der Waals surface area contributed by atoms with Crippen LogP contribution in [0.3, 0.4) is 0 Å². The molecule has 2 atom stereocenters. The third-order valence-electron chi connectivity index (χ3n) is 3.12. The minimum absolute atomic E-state index is 0.0474. The highest BCUT2D eigenvalue weighted by Gasteiger charge is 2.27. The van der Waals surface area contributed by atoms with Gasteiger partial charge in [0.15, 0.2) is 0 Å². The number of rotatable bonds is 3. The summed E-state index contributed by atoms with van der Waals surface area (Å²) in [7, 11) is 1.89. The molecule has 1 fully saturated rings. The summed E-state index contributed by atoms with van der Waals surface area (Å²) < 4.78 is 0. The molecule has 3 nitrogen and oxygen atoms in total. The number of hydrogen-bond acceptors (Lipinski definition) is 2. The molecule has 82 valence electrons. The maximum atomic E-state index is 11.7. The van der Waals surface area contributed by atoms with Crippen molar-refractivity contribution in [1.29, 1.82) is 0 Å². The van der Waals surface area contributed by atoms with Gasteiger partial charge in [-0.05, 0) is 25.7 Å². The Morgan fingerprint density at radius 1 is 1.43 bits per heavy atom. The molecular weight excluding hydrogens is 176 g/mol. The summed E-state index contributed by atoms with van der Waals surface area (Å²) in [4.78, 5) is 13.6. The Bertz CT molecular complexity index is 203. The number of piperidine rings is 1. The molecule has 1 rings (SSSR count). The molecule has 2 unspecified atom stereocenters. The van der Waals surface area contributed by atoms with Gasteiger partial charge in [-0.25, -0.2) is 0 Å². The molecule has 3 heteroatoms. The number of hydrogen-bond donors (Lipinski definition) is 1. The Hall–Kier alpha value is -0.570. The Morgan fingerprint density at radius 2 is 2.07 bits per heavy atom. The third kappa shape index (κ3) is 2.71. The lowest BCUT2D eigenvalue weighted by Gasteiger charge is -2.32.